The molecular formula is C25H33N3O2. The van der Waals surface area contributed by atoms with Crippen LogP contribution in [0.4, 0.5) is 5.82 Å². The van der Waals surface area contributed by atoms with Gasteiger partial charge in [0.05, 0.1) is 5.41 Å². The molecule has 4 rings (SSSR count). The fourth-order valence-corrected chi connectivity index (χ4v) is 4.92. The van der Waals surface area contributed by atoms with E-state index in [4.69, 9.17) is 4.74 Å². The van der Waals surface area contributed by atoms with E-state index in [0.717, 1.165) is 51.0 Å². The third kappa shape index (κ3) is 4.51. The lowest BCUT2D eigenvalue weighted by Gasteiger charge is -2.42. The minimum atomic E-state index is -0.339. The molecule has 0 N–H and O–H groups in total. The highest BCUT2D eigenvalue weighted by Crippen LogP contribution is 2.38. The van der Waals surface area contributed by atoms with E-state index >= 15 is 0 Å². The van der Waals surface area contributed by atoms with Gasteiger partial charge in [0.15, 0.2) is 0 Å². The first-order valence-electron chi connectivity index (χ1n) is 11.1. The summed E-state index contributed by atoms with van der Waals surface area (Å²) in [6, 6.07) is 14.7. The van der Waals surface area contributed by atoms with Crippen LogP contribution >= 0.6 is 0 Å². The van der Waals surface area contributed by atoms with E-state index in [1.165, 1.54) is 11.1 Å². The molecule has 0 spiro atoms. The zero-order valence-corrected chi connectivity index (χ0v) is 18.2. The molecule has 30 heavy (non-hydrogen) atoms. The maximum Gasteiger partial charge on any atom is 0.229 e. The van der Waals surface area contributed by atoms with Crippen LogP contribution in [0.5, 0.6) is 0 Å². The highest BCUT2D eigenvalue weighted by Gasteiger charge is 2.43. The molecule has 1 atom stereocenters. The fraction of sp³-hybridized carbons (Fsp3) is 0.520. The quantitative estimate of drug-likeness (QED) is 0.754. The van der Waals surface area contributed by atoms with E-state index in [2.05, 4.69) is 46.3 Å². The Labute approximate surface area is 180 Å². The van der Waals surface area contributed by atoms with Crippen molar-refractivity contribution in [3.8, 4) is 0 Å². The minimum absolute atomic E-state index is 0.321. The second kappa shape index (κ2) is 9.17. The van der Waals surface area contributed by atoms with Crippen molar-refractivity contribution in [3.63, 3.8) is 0 Å². The van der Waals surface area contributed by atoms with Crippen molar-refractivity contribution in [1.29, 1.82) is 0 Å². The number of carbonyl (C=O) groups is 1. The van der Waals surface area contributed by atoms with Gasteiger partial charge in [0.2, 0.25) is 5.91 Å². The van der Waals surface area contributed by atoms with Crippen molar-refractivity contribution < 1.29 is 9.53 Å². The highest BCUT2D eigenvalue weighted by atomic mass is 16.5. The molecule has 2 aromatic rings. The first-order chi connectivity index (χ1) is 14.6. The second-order valence-electron chi connectivity index (χ2n) is 8.99. The van der Waals surface area contributed by atoms with Crippen molar-refractivity contribution in [2.75, 3.05) is 45.3 Å². The summed E-state index contributed by atoms with van der Waals surface area (Å²) in [4.78, 5) is 22.5. The van der Waals surface area contributed by atoms with Crippen molar-refractivity contribution in [3.05, 3.63) is 59.8 Å². The van der Waals surface area contributed by atoms with Crippen LogP contribution in [0.1, 0.15) is 42.7 Å². The maximum atomic E-state index is 13.9. The summed E-state index contributed by atoms with van der Waals surface area (Å²) < 4.78 is 5.64. The summed E-state index contributed by atoms with van der Waals surface area (Å²) >= 11 is 0. The normalized spacial score (nSPS) is 21.3. The molecule has 5 heteroatoms. The second-order valence-corrected chi connectivity index (χ2v) is 8.99. The third-order valence-corrected chi connectivity index (χ3v) is 6.70. The Morgan fingerprint density at radius 1 is 1.20 bits per heavy atom. The Hall–Kier alpha value is -2.40. The van der Waals surface area contributed by atoms with Crippen molar-refractivity contribution in [2.24, 2.45) is 5.41 Å². The standard InChI is InChI=1S/C25H33N3O2/c1-27(2)23-17-21(10-13-26-23)22-9-6-14-28(19-22)24(29)25(11-15-30-16-12-25)18-20-7-4-3-5-8-20/h3-5,7-8,10,13,17,22H,6,9,11-12,14-16,18-19H2,1-2H3/t22-/m0/s1. The van der Waals surface area contributed by atoms with Crippen molar-refractivity contribution in [2.45, 2.75) is 38.0 Å². The average molecular weight is 408 g/mol. The van der Waals surface area contributed by atoms with Gasteiger partial charge in [0.25, 0.3) is 0 Å². The van der Waals surface area contributed by atoms with Crippen molar-refractivity contribution in [1.82, 2.24) is 9.88 Å². The summed E-state index contributed by atoms with van der Waals surface area (Å²) in [5.41, 5.74) is 2.19. The zero-order chi connectivity index (χ0) is 21.0. The molecule has 2 aliphatic rings. The smallest absolute Gasteiger partial charge is 0.229 e. The molecule has 5 nitrogen and oxygen atoms in total. The number of pyridine rings is 1. The first kappa shape index (κ1) is 20.9. The van der Waals surface area contributed by atoms with Gasteiger partial charge in [-0.15, -0.1) is 0 Å². The SMILES string of the molecule is CN(C)c1cc([C@H]2CCCN(C(=O)C3(Cc4ccccc4)CCOCC3)C2)ccn1. The number of hydrogen-bond acceptors (Lipinski definition) is 4. The van der Waals surface area contributed by atoms with E-state index in [9.17, 15) is 4.79 Å². The number of anilines is 1. The predicted octanol–water partition coefficient (Wildman–Crippen LogP) is 3.89. The Kier molecular flexibility index (Phi) is 6.38. The van der Waals surface area contributed by atoms with Crippen LogP contribution in [0.15, 0.2) is 48.7 Å². The van der Waals surface area contributed by atoms with Gasteiger partial charge in [-0.1, -0.05) is 30.3 Å². The fourth-order valence-electron chi connectivity index (χ4n) is 4.92. The number of nitrogens with zero attached hydrogens (tertiary/aromatic N) is 3. The summed E-state index contributed by atoms with van der Waals surface area (Å²) in [6.07, 6.45) is 6.48. The number of likely N-dealkylation sites (tertiary alicyclic amines) is 1. The molecule has 160 valence electrons. The van der Waals surface area contributed by atoms with Gasteiger partial charge >= 0.3 is 0 Å². The topological polar surface area (TPSA) is 45.7 Å². The molecule has 1 aromatic carbocycles. The molecule has 0 radical (unpaired) electrons. The van der Waals surface area contributed by atoms with E-state index in [1.807, 2.05) is 31.3 Å². The summed E-state index contributed by atoms with van der Waals surface area (Å²) in [6.45, 7) is 3.00. The predicted molar refractivity (Wildman–Crippen MR) is 120 cm³/mol. The number of piperidine rings is 1. The first-order valence-corrected chi connectivity index (χ1v) is 11.1. The van der Waals surface area contributed by atoms with Crippen LogP contribution in [0.3, 0.4) is 0 Å². The molecule has 2 fully saturated rings. The van der Waals surface area contributed by atoms with Crippen molar-refractivity contribution >= 4 is 11.7 Å². The monoisotopic (exact) mass is 407 g/mol. The maximum absolute atomic E-state index is 13.9. The van der Waals surface area contributed by atoms with Gasteiger partial charge in [-0.25, -0.2) is 4.98 Å². The lowest BCUT2D eigenvalue weighted by atomic mass is 9.73. The number of amides is 1. The van der Waals surface area contributed by atoms with E-state index in [1.54, 1.807) is 0 Å². The van der Waals surface area contributed by atoms with Crippen LogP contribution in [0.25, 0.3) is 0 Å². The van der Waals surface area contributed by atoms with E-state index in [0.29, 0.717) is 25.0 Å². The average Bonchev–Trinajstić information content (AvgIpc) is 2.80. The number of aromatic nitrogens is 1. The molecule has 2 saturated heterocycles. The van der Waals surface area contributed by atoms with Crippen LogP contribution in [-0.2, 0) is 16.0 Å². The Balaban J connectivity index is 1.53. The van der Waals surface area contributed by atoms with Crippen LogP contribution in [-0.4, -0.2) is 56.2 Å². The largest absolute Gasteiger partial charge is 0.381 e. The van der Waals surface area contributed by atoms with Gasteiger partial charge in [-0.2, -0.15) is 0 Å². The van der Waals surface area contributed by atoms with Crippen LogP contribution in [0, 0.1) is 5.41 Å². The minimum Gasteiger partial charge on any atom is -0.381 e. The number of ether oxygens (including phenoxy) is 1. The number of hydrogen-bond donors (Lipinski definition) is 0. The zero-order valence-electron chi connectivity index (χ0n) is 18.2. The molecule has 0 aliphatic carbocycles. The van der Waals surface area contributed by atoms with E-state index in [-0.39, 0.29) is 5.41 Å². The summed E-state index contributed by atoms with van der Waals surface area (Å²) in [5, 5.41) is 0. The molecule has 1 amide bonds. The molecular weight excluding hydrogens is 374 g/mol. The Morgan fingerprint density at radius 3 is 2.70 bits per heavy atom. The molecule has 0 unspecified atom stereocenters. The molecule has 3 heterocycles. The highest BCUT2D eigenvalue weighted by molar-refractivity contribution is 5.83. The molecule has 2 aliphatic heterocycles. The van der Waals surface area contributed by atoms with Gasteiger partial charge in [0.1, 0.15) is 5.82 Å². The lowest BCUT2D eigenvalue weighted by Crippen LogP contribution is -2.50. The third-order valence-electron chi connectivity index (χ3n) is 6.70. The van der Waals surface area contributed by atoms with Gasteiger partial charge < -0.3 is 14.5 Å². The molecule has 0 saturated carbocycles. The van der Waals surface area contributed by atoms with Crippen LogP contribution < -0.4 is 4.90 Å². The van der Waals surface area contributed by atoms with Crippen LogP contribution in [0.2, 0.25) is 0 Å². The molecule has 0 bridgehead atoms. The Morgan fingerprint density at radius 2 is 1.97 bits per heavy atom. The summed E-state index contributed by atoms with van der Waals surface area (Å²) in [7, 11) is 4.03. The van der Waals surface area contributed by atoms with Gasteiger partial charge in [0, 0.05) is 52.5 Å². The number of carbonyl (C=O) groups excluding carboxylic acids is 1. The van der Waals surface area contributed by atoms with E-state index < -0.39 is 0 Å². The van der Waals surface area contributed by atoms with Gasteiger partial charge in [-0.3, -0.25) is 4.79 Å². The lowest BCUT2D eigenvalue weighted by molar-refractivity contribution is -0.149. The van der Waals surface area contributed by atoms with Gasteiger partial charge in [-0.05, 0) is 55.4 Å². The molecule has 1 aromatic heterocycles. The number of rotatable bonds is 5. The number of benzene rings is 1. The Bertz CT molecular complexity index is 846. The summed E-state index contributed by atoms with van der Waals surface area (Å²) in [5.74, 6) is 1.67.